The van der Waals surface area contributed by atoms with Gasteiger partial charge in [0.2, 0.25) is 0 Å². The Morgan fingerprint density at radius 3 is 3.00 bits per heavy atom. The largest absolute Gasteiger partial charge is 0.314 e. The van der Waals surface area contributed by atoms with E-state index in [9.17, 15) is 0 Å². The Balaban J connectivity index is 1.81. The molecule has 2 rings (SSSR count). The second-order valence-corrected chi connectivity index (χ2v) is 4.67. The molecule has 82 valence electrons. The summed E-state index contributed by atoms with van der Waals surface area (Å²) in [4.78, 5) is 0. The number of aryl methyl sites for hydroxylation is 2. The van der Waals surface area contributed by atoms with Gasteiger partial charge in [-0.1, -0.05) is 36.2 Å². The maximum absolute atomic E-state index is 3.60. The van der Waals surface area contributed by atoms with Crippen LogP contribution < -0.4 is 5.32 Å². The molecule has 1 aromatic rings. The zero-order valence-electron chi connectivity index (χ0n) is 9.63. The third kappa shape index (κ3) is 3.35. The molecule has 0 bridgehead atoms. The first-order chi connectivity index (χ1) is 7.34. The van der Waals surface area contributed by atoms with Gasteiger partial charge in [0, 0.05) is 6.04 Å². The van der Waals surface area contributed by atoms with E-state index in [1.165, 1.54) is 49.8 Å². The molecule has 1 unspecified atom stereocenters. The summed E-state index contributed by atoms with van der Waals surface area (Å²) < 4.78 is 0. The van der Waals surface area contributed by atoms with Crippen LogP contribution in [-0.2, 0) is 6.42 Å². The van der Waals surface area contributed by atoms with Crippen LogP contribution in [-0.4, -0.2) is 12.6 Å². The predicted octanol–water partition coefficient (Wildman–Crippen LogP) is 3.07. The van der Waals surface area contributed by atoms with E-state index < -0.39 is 0 Å². The molecule has 1 N–H and O–H groups in total. The van der Waals surface area contributed by atoms with Crippen LogP contribution in [0.25, 0.3) is 0 Å². The van der Waals surface area contributed by atoms with Crippen LogP contribution in [0.1, 0.15) is 36.8 Å². The molecule has 1 heterocycles. The van der Waals surface area contributed by atoms with E-state index in [1.54, 1.807) is 0 Å². The molecule has 0 spiro atoms. The second kappa shape index (κ2) is 5.32. The van der Waals surface area contributed by atoms with Crippen molar-refractivity contribution in [3.63, 3.8) is 0 Å². The highest BCUT2D eigenvalue weighted by atomic mass is 14.9. The lowest BCUT2D eigenvalue weighted by Gasteiger charge is -2.23. The molecule has 1 heteroatoms. The van der Waals surface area contributed by atoms with E-state index >= 15 is 0 Å². The quantitative estimate of drug-likeness (QED) is 0.796. The molecule has 0 aliphatic carbocycles. The van der Waals surface area contributed by atoms with Crippen LogP contribution in [0.2, 0.25) is 0 Å². The fraction of sp³-hybridized carbons (Fsp3) is 0.571. The van der Waals surface area contributed by atoms with E-state index in [0.29, 0.717) is 0 Å². The van der Waals surface area contributed by atoms with Gasteiger partial charge in [-0.2, -0.15) is 0 Å². The number of hydrogen-bond acceptors (Lipinski definition) is 1. The van der Waals surface area contributed by atoms with Crippen molar-refractivity contribution in [1.29, 1.82) is 0 Å². The van der Waals surface area contributed by atoms with E-state index in [0.717, 1.165) is 6.04 Å². The van der Waals surface area contributed by atoms with Gasteiger partial charge in [-0.05, 0) is 44.7 Å². The van der Waals surface area contributed by atoms with Gasteiger partial charge in [0.1, 0.15) is 0 Å². The van der Waals surface area contributed by atoms with Crippen LogP contribution >= 0.6 is 0 Å². The molecule has 1 aliphatic heterocycles. The van der Waals surface area contributed by atoms with Gasteiger partial charge in [-0.15, -0.1) is 0 Å². The molecule has 0 amide bonds. The van der Waals surface area contributed by atoms with Gasteiger partial charge >= 0.3 is 0 Å². The standard InChI is InChI=1S/C14H21N/c1-12-5-4-6-13(11-12)8-9-14-7-2-3-10-15-14/h4-6,11,14-15H,2-3,7-10H2,1H3. The number of rotatable bonds is 3. The summed E-state index contributed by atoms with van der Waals surface area (Å²) in [6, 6.07) is 9.65. The van der Waals surface area contributed by atoms with E-state index in [-0.39, 0.29) is 0 Å². The van der Waals surface area contributed by atoms with E-state index in [2.05, 4.69) is 36.5 Å². The molecule has 1 fully saturated rings. The first-order valence-corrected chi connectivity index (χ1v) is 6.13. The Morgan fingerprint density at radius 2 is 2.27 bits per heavy atom. The van der Waals surface area contributed by atoms with Crippen molar-refractivity contribution >= 4 is 0 Å². The molecular formula is C14H21N. The lowest BCUT2D eigenvalue weighted by atomic mass is 9.97. The first-order valence-electron chi connectivity index (χ1n) is 6.13. The summed E-state index contributed by atoms with van der Waals surface area (Å²) in [5.74, 6) is 0. The van der Waals surface area contributed by atoms with Gasteiger partial charge in [-0.3, -0.25) is 0 Å². The highest BCUT2D eigenvalue weighted by molar-refractivity contribution is 5.22. The smallest absolute Gasteiger partial charge is 0.00702 e. The Hall–Kier alpha value is -0.820. The minimum Gasteiger partial charge on any atom is -0.314 e. The van der Waals surface area contributed by atoms with Crippen molar-refractivity contribution in [1.82, 2.24) is 5.32 Å². The normalized spacial score (nSPS) is 21.5. The van der Waals surface area contributed by atoms with Crippen molar-refractivity contribution in [2.45, 2.75) is 45.1 Å². The van der Waals surface area contributed by atoms with E-state index in [1.807, 2.05) is 0 Å². The number of benzene rings is 1. The Kier molecular flexibility index (Phi) is 3.79. The number of hydrogen-bond donors (Lipinski definition) is 1. The summed E-state index contributed by atoms with van der Waals surface area (Å²) in [7, 11) is 0. The Labute approximate surface area is 92.9 Å². The zero-order valence-corrected chi connectivity index (χ0v) is 9.63. The third-order valence-corrected chi connectivity index (χ3v) is 3.28. The van der Waals surface area contributed by atoms with Crippen LogP contribution in [0.4, 0.5) is 0 Å². The summed E-state index contributed by atoms with van der Waals surface area (Å²) in [5.41, 5.74) is 2.87. The summed E-state index contributed by atoms with van der Waals surface area (Å²) in [5, 5.41) is 3.60. The Morgan fingerprint density at radius 1 is 1.33 bits per heavy atom. The molecule has 1 saturated heterocycles. The molecule has 0 saturated carbocycles. The van der Waals surface area contributed by atoms with Crippen LogP contribution in [0.3, 0.4) is 0 Å². The van der Waals surface area contributed by atoms with Crippen molar-refractivity contribution in [2.24, 2.45) is 0 Å². The topological polar surface area (TPSA) is 12.0 Å². The van der Waals surface area contributed by atoms with Gasteiger partial charge in [0.25, 0.3) is 0 Å². The fourth-order valence-corrected chi connectivity index (χ4v) is 2.38. The fourth-order valence-electron chi connectivity index (χ4n) is 2.38. The highest BCUT2D eigenvalue weighted by Crippen LogP contribution is 2.14. The molecule has 1 nitrogen and oxygen atoms in total. The molecule has 0 aromatic heterocycles. The molecule has 0 radical (unpaired) electrons. The van der Waals surface area contributed by atoms with Crippen molar-refractivity contribution in [3.8, 4) is 0 Å². The van der Waals surface area contributed by atoms with E-state index in [4.69, 9.17) is 0 Å². The average molecular weight is 203 g/mol. The van der Waals surface area contributed by atoms with Crippen molar-refractivity contribution in [2.75, 3.05) is 6.54 Å². The SMILES string of the molecule is Cc1cccc(CCC2CCCCN2)c1. The number of nitrogens with one attached hydrogen (secondary N) is 1. The van der Waals surface area contributed by atoms with Gasteiger partial charge in [-0.25, -0.2) is 0 Å². The van der Waals surface area contributed by atoms with Crippen LogP contribution in [0.5, 0.6) is 0 Å². The molecule has 1 aromatic carbocycles. The first kappa shape index (κ1) is 10.7. The predicted molar refractivity (Wildman–Crippen MR) is 65.1 cm³/mol. The third-order valence-electron chi connectivity index (χ3n) is 3.28. The molecule has 1 aliphatic rings. The lowest BCUT2D eigenvalue weighted by molar-refractivity contribution is 0.383. The second-order valence-electron chi connectivity index (χ2n) is 4.67. The molecule has 15 heavy (non-hydrogen) atoms. The van der Waals surface area contributed by atoms with Gasteiger partial charge in [0.15, 0.2) is 0 Å². The molecular weight excluding hydrogens is 182 g/mol. The molecule has 1 atom stereocenters. The number of piperidine rings is 1. The van der Waals surface area contributed by atoms with Crippen molar-refractivity contribution < 1.29 is 0 Å². The summed E-state index contributed by atoms with van der Waals surface area (Å²) in [6.45, 7) is 3.39. The highest BCUT2D eigenvalue weighted by Gasteiger charge is 2.11. The van der Waals surface area contributed by atoms with Crippen molar-refractivity contribution in [3.05, 3.63) is 35.4 Å². The van der Waals surface area contributed by atoms with Gasteiger partial charge < -0.3 is 5.32 Å². The lowest BCUT2D eigenvalue weighted by Crippen LogP contribution is -2.34. The zero-order chi connectivity index (χ0) is 10.5. The average Bonchev–Trinajstić information content (AvgIpc) is 2.28. The van der Waals surface area contributed by atoms with Gasteiger partial charge in [0.05, 0.1) is 0 Å². The monoisotopic (exact) mass is 203 g/mol. The maximum atomic E-state index is 3.60. The van der Waals surface area contributed by atoms with Crippen LogP contribution in [0.15, 0.2) is 24.3 Å². The maximum Gasteiger partial charge on any atom is 0.00702 e. The minimum absolute atomic E-state index is 0.763. The summed E-state index contributed by atoms with van der Waals surface area (Å²) >= 11 is 0. The van der Waals surface area contributed by atoms with Crippen LogP contribution in [0, 0.1) is 6.92 Å². The minimum atomic E-state index is 0.763. The summed E-state index contributed by atoms with van der Waals surface area (Å²) in [6.07, 6.45) is 6.65. The Bertz CT molecular complexity index is 300.